The number of carbonyl (C=O) groups is 1. The molecule has 0 spiro atoms. The van der Waals surface area contributed by atoms with Crippen molar-refractivity contribution in [2.45, 2.75) is 18.4 Å². The van der Waals surface area contributed by atoms with E-state index in [2.05, 4.69) is 17.4 Å². The maximum Gasteiger partial charge on any atom is 0.251 e. The first-order valence-corrected chi connectivity index (χ1v) is 8.42. The monoisotopic (exact) mass is 331 g/mol. The van der Waals surface area contributed by atoms with Gasteiger partial charge in [0.25, 0.3) is 5.91 Å². The number of carbonyl (C=O) groups excluding carboxylic acids is 1. The number of benzene rings is 3. The molecule has 3 aromatic carbocycles. The first-order valence-electron chi connectivity index (χ1n) is 8.42. The third-order valence-corrected chi connectivity index (χ3v) is 4.83. The summed E-state index contributed by atoms with van der Waals surface area (Å²) in [4.78, 5) is 12.5. The normalized spacial score (nSPS) is 18.6. The fraction of sp³-hybridized carbons (Fsp3) is 0.136. The van der Waals surface area contributed by atoms with Gasteiger partial charge in [-0.2, -0.15) is 0 Å². The Balaban J connectivity index is 1.62. The molecule has 0 aliphatic heterocycles. The Hall–Kier alpha value is -2.94. The third kappa shape index (κ3) is 3.05. The summed E-state index contributed by atoms with van der Waals surface area (Å²) in [7, 11) is 0. The molecule has 0 aromatic heterocycles. The van der Waals surface area contributed by atoms with Crippen molar-refractivity contribution in [2.75, 3.05) is 0 Å². The minimum Gasteiger partial charge on any atom is -0.345 e. The van der Waals surface area contributed by atoms with Crippen LogP contribution in [0.25, 0.3) is 0 Å². The molecule has 1 aliphatic rings. The molecule has 0 unspecified atom stereocenters. The molecule has 0 saturated heterocycles. The van der Waals surface area contributed by atoms with E-state index >= 15 is 0 Å². The largest absolute Gasteiger partial charge is 0.345 e. The maximum atomic E-state index is 13.2. The molecule has 0 bridgehead atoms. The molecule has 25 heavy (non-hydrogen) atoms. The van der Waals surface area contributed by atoms with Crippen LogP contribution in [-0.4, -0.2) is 5.91 Å². The molecular weight excluding hydrogens is 313 g/mol. The van der Waals surface area contributed by atoms with Crippen LogP contribution in [-0.2, 0) is 0 Å². The second-order valence-corrected chi connectivity index (χ2v) is 6.36. The zero-order chi connectivity index (χ0) is 17.2. The van der Waals surface area contributed by atoms with Crippen LogP contribution >= 0.6 is 0 Å². The molecular formula is C22H18FNO. The Morgan fingerprint density at radius 2 is 1.48 bits per heavy atom. The summed E-state index contributed by atoms with van der Waals surface area (Å²) in [5.41, 5.74) is 4.07. The number of rotatable bonds is 3. The SMILES string of the molecule is O=C(N[C@H]1C[C@@H](c2ccc(F)cc2)c2ccccc21)c1ccccc1. The van der Waals surface area contributed by atoms with Gasteiger partial charge >= 0.3 is 0 Å². The van der Waals surface area contributed by atoms with Gasteiger partial charge in [0, 0.05) is 11.5 Å². The zero-order valence-electron chi connectivity index (χ0n) is 13.7. The summed E-state index contributed by atoms with van der Waals surface area (Å²) >= 11 is 0. The van der Waals surface area contributed by atoms with Gasteiger partial charge in [0.2, 0.25) is 0 Å². The minimum absolute atomic E-state index is 0.0426. The Morgan fingerprint density at radius 3 is 2.20 bits per heavy atom. The van der Waals surface area contributed by atoms with Crippen LogP contribution < -0.4 is 5.32 Å². The highest BCUT2D eigenvalue weighted by Gasteiger charge is 2.32. The van der Waals surface area contributed by atoms with Gasteiger partial charge in [-0.15, -0.1) is 0 Å². The van der Waals surface area contributed by atoms with E-state index < -0.39 is 0 Å². The fourth-order valence-corrected chi connectivity index (χ4v) is 3.61. The van der Waals surface area contributed by atoms with Gasteiger partial charge in [0.15, 0.2) is 0 Å². The smallest absolute Gasteiger partial charge is 0.251 e. The van der Waals surface area contributed by atoms with Crippen LogP contribution in [0.2, 0.25) is 0 Å². The van der Waals surface area contributed by atoms with E-state index in [4.69, 9.17) is 0 Å². The lowest BCUT2D eigenvalue weighted by molar-refractivity contribution is 0.0936. The van der Waals surface area contributed by atoms with E-state index in [1.54, 1.807) is 0 Å². The summed E-state index contributed by atoms with van der Waals surface area (Å²) in [6, 6.07) is 24.0. The molecule has 4 rings (SSSR count). The Kier molecular flexibility index (Phi) is 4.06. The van der Waals surface area contributed by atoms with Gasteiger partial charge in [-0.1, -0.05) is 54.6 Å². The summed E-state index contributed by atoms with van der Waals surface area (Å²) in [6.45, 7) is 0. The highest BCUT2D eigenvalue weighted by molar-refractivity contribution is 5.94. The van der Waals surface area contributed by atoms with Crippen molar-refractivity contribution in [2.24, 2.45) is 0 Å². The number of amides is 1. The number of hydrogen-bond acceptors (Lipinski definition) is 1. The molecule has 1 N–H and O–H groups in total. The van der Waals surface area contributed by atoms with Crippen LogP contribution in [0.15, 0.2) is 78.9 Å². The summed E-state index contributed by atoms with van der Waals surface area (Å²) in [5.74, 6) is -0.137. The Bertz CT molecular complexity index is 889. The summed E-state index contributed by atoms with van der Waals surface area (Å²) in [6.07, 6.45) is 0.781. The number of hydrogen-bond donors (Lipinski definition) is 1. The van der Waals surface area contributed by atoms with Gasteiger partial charge in [0.05, 0.1) is 6.04 Å². The molecule has 1 amide bonds. The molecule has 3 aromatic rings. The summed E-state index contributed by atoms with van der Waals surface area (Å²) < 4.78 is 13.2. The van der Waals surface area contributed by atoms with Gasteiger partial charge in [-0.05, 0) is 47.4 Å². The van der Waals surface area contributed by atoms with E-state index in [1.807, 2.05) is 54.6 Å². The first-order chi connectivity index (χ1) is 12.2. The van der Waals surface area contributed by atoms with Crippen LogP contribution in [0.3, 0.4) is 0 Å². The number of fused-ring (bicyclic) bond motifs is 1. The van der Waals surface area contributed by atoms with Crippen LogP contribution in [0.4, 0.5) is 4.39 Å². The van der Waals surface area contributed by atoms with Crippen LogP contribution in [0, 0.1) is 5.82 Å². The standard InChI is InChI=1S/C22H18FNO/c23-17-12-10-15(11-13-17)20-14-21(19-9-5-4-8-18(19)20)24-22(25)16-6-2-1-3-7-16/h1-13,20-21H,14H2,(H,24,25)/t20-,21-/m0/s1. The molecule has 2 atom stereocenters. The van der Waals surface area contributed by atoms with E-state index in [0.717, 1.165) is 17.5 Å². The zero-order valence-corrected chi connectivity index (χ0v) is 13.7. The molecule has 2 nitrogen and oxygen atoms in total. The topological polar surface area (TPSA) is 29.1 Å². The van der Waals surface area contributed by atoms with Crippen molar-refractivity contribution < 1.29 is 9.18 Å². The highest BCUT2D eigenvalue weighted by atomic mass is 19.1. The molecule has 3 heteroatoms. The average molecular weight is 331 g/mol. The quantitative estimate of drug-likeness (QED) is 0.731. The lowest BCUT2D eigenvalue weighted by Gasteiger charge is -2.15. The lowest BCUT2D eigenvalue weighted by atomic mass is 9.93. The van der Waals surface area contributed by atoms with Crippen molar-refractivity contribution in [1.29, 1.82) is 0 Å². The molecule has 0 saturated carbocycles. The second-order valence-electron chi connectivity index (χ2n) is 6.36. The van der Waals surface area contributed by atoms with Crippen LogP contribution in [0.5, 0.6) is 0 Å². The van der Waals surface area contributed by atoms with Crippen molar-refractivity contribution in [3.63, 3.8) is 0 Å². The van der Waals surface area contributed by atoms with Crippen molar-refractivity contribution in [3.05, 3.63) is 107 Å². The maximum absolute atomic E-state index is 13.2. The predicted molar refractivity (Wildman–Crippen MR) is 96.0 cm³/mol. The predicted octanol–water partition coefficient (Wildman–Crippen LogP) is 4.83. The van der Waals surface area contributed by atoms with Crippen molar-refractivity contribution in [1.82, 2.24) is 5.32 Å². The molecule has 1 aliphatic carbocycles. The molecule has 0 fully saturated rings. The van der Waals surface area contributed by atoms with Gasteiger partial charge in [-0.3, -0.25) is 4.79 Å². The van der Waals surface area contributed by atoms with Gasteiger partial charge in [0.1, 0.15) is 5.82 Å². The Labute approximate surface area is 146 Å². The number of nitrogens with one attached hydrogen (secondary N) is 1. The lowest BCUT2D eigenvalue weighted by Crippen LogP contribution is -2.27. The second kappa shape index (κ2) is 6.52. The van der Waals surface area contributed by atoms with Crippen LogP contribution in [0.1, 0.15) is 45.4 Å². The van der Waals surface area contributed by atoms with E-state index in [0.29, 0.717) is 5.56 Å². The fourth-order valence-electron chi connectivity index (χ4n) is 3.61. The van der Waals surface area contributed by atoms with Gasteiger partial charge < -0.3 is 5.32 Å². The Morgan fingerprint density at radius 1 is 0.840 bits per heavy atom. The van der Waals surface area contributed by atoms with Crippen molar-refractivity contribution >= 4 is 5.91 Å². The van der Waals surface area contributed by atoms with E-state index in [-0.39, 0.29) is 23.7 Å². The van der Waals surface area contributed by atoms with E-state index in [1.165, 1.54) is 17.7 Å². The van der Waals surface area contributed by atoms with Crippen molar-refractivity contribution in [3.8, 4) is 0 Å². The molecule has 124 valence electrons. The molecule has 0 radical (unpaired) electrons. The first kappa shape index (κ1) is 15.6. The average Bonchev–Trinajstić information content (AvgIpc) is 3.02. The highest BCUT2D eigenvalue weighted by Crippen LogP contribution is 2.43. The minimum atomic E-state index is -0.232. The summed E-state index contributed by atoms with van der Waals surface area (Å²) in [5, 5.41) is 3.15. The third-order valence-electron chi connectivity index (χ3n) is 4.83. The molecule has 0 heterocycles. The number of halogens is 1. The van der Waals surface area contributed by atoms with E-state index in [9.17, 15) is 9.18 Å². The van der Waals surface area contributed by atoms with Gasteiger partial charge in [-0.25, -0.2) is 4.39 Å².